The van der Waals surface area contributed by atoms with Crippen LogP contribution >= 0.6 is 0 Å². The van der Waals surface area contributed by atoms with Gasteiger partial charge in [-0.05, 0) is 18.4 Å². The smallest absolute Gasteiger partial charge is 0.290 e. The fraction of sp³-hybridized carbons (Fsp3) is 0.458. The van der Waals surface area contributed by atoms with E-state index in [-0.39, 0.29) is 30.6 Å². The number of hydrogen-bond donors (Lipinski definition) is 2. The number of aliphatic hydroxyl groups is 1. The van der Waals surface area contributed by atoms with Crippen molar-refractivity contribution in [1.82, 2.24) is 24.0 Å². The van der Waals surface area contributed by atoms with Crippen LogP contribution < -0.4 is 0 Å². The Hall–Kier alpha value is -3.21. The number of imidazole rings is 1. The van der Waals surface area contributed by atoms with Crippen molar-refractivity contribution >= 4 is 18.0 Å². The molecule has 0 aliphatic carbocycles. The molecule has 2 saturated heterocycles. The lowest BCUT2D eigenvalue weighted by Crippen LogP contribution is -2.52. The largest absolute Gasteiger partial charge is 0.483 e. The fourth-order valence-electron chi connectivity index (χ4n) is 4.87. The summed E-state index contributed by atoms with van der Waals surface area (Å²) in [7, 11) is 1.93. The summed E-state index contributed by atoms with van der Waals surface area (Å²) < 4.78 is 9.91. The maximum Gasteiger partial charge on any atom is 0.290 e. The number of carboxylic acid groups (broad SMARTS) is 1. The maximum absolute atomic E-state index is 13.7. The molecule has 0 bridgehead atoms. The molecular weight excluding hydrogens is 438 g/mol. The Morgan fingerprint density at radius 1 is 1.18 bits per heavy atom. The minimum Gasteiger partial charge on any atom is -0.483 e. The minimum atomic E-state index is -0.250. The van der Waals surface area contributed by atoms with Crippen LogP contribution in [-0.2, 0) is 16.6 Å². The summed E-state index contributed by atoms with van der Waals surface area (Å²) in [6, 6.07) is 9.98. The third kappa shape index (κ3) is 4.98. The van der Waals surface area contributed by atoms with E-state index in [9.17, 15) is 9.90 Å². The minimum absolute atomic E-state index is 0.0204. The fourth-order valence-corrected chi connectivity index (χ4v) is 4.87. The second-order valence-corrected chi connectivity index (χ2v) is 8.64. The molecule has 4 heterocycles. The zero-order chi connectivity index (χ0) is 24.1. The standard InChI is InChI=1S/C23H29N5O3.CH2O2/c1-25-11-12-28-22(25)19(15-24-28)23(30)27-13-14-31-20(16-26-9-7-18(29)8-10-26)21(27)17-5-3-2-4-6-17;2-1-3/h2-6,11-12,15,18,20-21,29H,7-10,13-14,16H2,1H3;1H,(H,2,3)/t20-,21-;/m0./s1. The van der Waals surface area contributed by atoms with Gasteiger partial charge >= 0.3 is 0 Å². The second-order valence-electron chi connectivity index (χ2n) is 8.64. The molecule has 0 saturated carbocycles. The van der Waals surface area contributed by atoms with Gasteiger partial charge < -0.3 is 29.3 Å². The summed E-state index contributed by atoms with van der Waals surface area (Å²) in [6.07, 6.45) is 6.65. The van der Waals surface area contributed by atoms with E-state index in [1.54, 1.807) is 10.7 Å². The third-order valence-electron chi connectivity index (χ3n) is 6.51. The van der Waals surface area contributed by atoms with E-state index >= 15 is 0 Å². The summed E-state index contributed by atoms with van der Waals surface area (Å²) >= 11 is 0. The Kier molecular flexibility index (Phi) is 7.61. The molecule has 0 unspecified atom stereocenters. The molecule has 34 heavy (non-hydrogen) atoms. The van der Waals surface area contributed by atoms with Crippen LogP contribution in [0.1, 0.15) is 34.8 Å². The number of amides is 1. The number of likely N-dealkylation sites (tertiary alicyclic amines) is 1. The van der Waals surface area contributed by atoms with Crippen molar-refractivity contribution in [3.05, 3.63) is 60.0 Å². The number of nitrogens with zero attached hydrogens (tertiary/aromatic N) is 5. The van der Waals surface area contributed by atoms with Gasteiger partial charge in [0.1, 0.15) is 11.2 Å². The quantitative estimate of drug-likeness (QED) is 0.556. The van der Waals surface area contributed by atoms with E-state index in [4.69, 9.17) is 14.6 Å². The second kappa shape index (κ2) is 10.8. The number of ether oxygens (including phenoxy) is 1. The summed E-state index contributed by atoms with van der Waals surface area (Å²) in [4.78, 5) is 26.4. The molecule has 1 aromatic carbocycles. The molecule has 10 nitrogen and oxygen atoms in total. The van der Waals surface area contributed by atoms with Gasteiger partial charge in [0.25, 0.3) is 12.4 Å². The number of carbonyl (C=O) groups excluding carboxylic acids is 1. The Morgan fingerprint density at radius 2 is 1.88 bits per heavy atom. The molecule has 0 spiro atoms. The van der Waals surface area contributed by atoms with Crippen molar-refractivity contribution < 1.29 is 24.5 Å². The van der Waals surface area contributed by atoms with E-state index in [0.29, 0.717) is 18.7 Å². The lowest BCUT2D eigenvalue weighted by atomic mass is 9.96. The van der Waals surface area contributed by atoms with Gasteiger partial charge in [0.15, 0.2) is 0 Å². The van der Waals surface area contributed by atoms with Crippen molar-refractivity contribution in [3.63, 3.8) is 0 Å². The topological polar surface area (TPSA) is 113 Å². The highest BCUT2D eigenvalue weighted by Gasteiger charge is 2.39. The summed E-state index contributed by atoms with van der Waals surface area (Å²) in [5.74, 6) is -0.0204. The summed E-state index contributed by atoms with van der Waals surface area (Å²) in [6.45, 7) is 3.24. The number of aryl methyl sites for hydroxylation is 1. The van der Waals surface area contributed by atoms with E-state index in [1.165, 1.54) is 0 Å². The number of morpholine rings is 1. The van der Waals surface area contributed by atoms with Crippen LogP contribution in [0.4, 0.5) is 0 Å². The number of aromatic nitrogens is 3. The van der Waals surface area contributed by atoms with Gasteiger partial charge in [0.05, 0.1) is 31.1 Å². The molecule has 2 atom stereocenters. The van der Waals surface area contributed by atoms with E-state index in [1.807, 2.05) is 47.1 Å². The Bertz CT molecular complexity index is 1090. The first-order chi connectivity index (χ1) is 16.5. The third-order valence-corrected chi connectivity index (χ3v) is 6.51. The number of rotatable bonds is 4. The predicted molar refractivity (Wildman–Crippen MR) is 124 cm³/mol. The maximum atomic E-state index is 13.7. The molecule has 3 aromatic rings. The Morgan fingerprint density at radius 3 is 2.59 bits per heavy atom. The van der Waals surface area contributed by atoms with Crippen LogP contribution in [0.2, 0.25) is 0 Å². The van der Waals surface area contributed by atoms with Crippen LogP contribution in [0.3, 0.4) is 0 Å². The van der Waals surface area contributed by atoms with Gasteiger partial charge in [-0.25, -0.2) is 4.52 Å². The predicted octanol–water partition coefficient (Wildman–Crippen LogP) is 1.41. The van der Waals surface area contributed by atoms with Gasteiger partial charge in [-0.2, -0.15) is 5.10 Å². The monoisotopic (exact) mass is 469 g/mol. The van der Waals surface area contributed by atoms with Crippen molar-refractivity contribution in [2.24, 2.45) is 7.05 Å². The SMILES string of the molecule is Cn1ccn2ncc(C(=O)N3CCO[C@@H](CN4CCC(O)CC4)[C@@H]3c3ccccc3)c12.O=CO. The van der Waals surface area contributed by atoms with Crippen molar-refractivity contribution in [3.8, 4) is 0 Å². The highest BCUT2D eigenvalue weighted by Crippen LogP contribution is 2.32. The lowest BCUT2D eigenvalue weighted by Gasteiger charge is -2.43. The average molecular weight is 470 g/mol. The highest BCUT2D eigenvalue weighted by atomic mass is 16.5. The normalized spacial score (nSPS) is 21.8. The number of aliphatic hydroxyl groups excluding tert-OH is 1. The number of carbonyl (C=O) groups is 2. The van der Waals surface area contributed by atoms with Gasteiger partial charge in [-0.3, -0.25) is 9.59 Å². The van der Waals surface area contributed by atoms with Gasteiger partial charge in [0, 0.05) is 45.6 Å². The van der Waals surface area contributed by atoms with Crippen LogP contribution in [0.15, 0.2) is 48.9 Å². The Balaban J connectivity index is 0.000000868. The molecule has 2 aliphatic heterocycles. The molecule has 0 radical (unpaired) electrons. The number of hydrogen-bond acceptors (Lipinski definition) is 6. The molecule has 10 heteroatoms. The van der Waals surface area contributed by atoms with E-state index in [0.717, 1.165) is 43.7 Å². The molecule has 2 fully saturated rings. The zero-order valence-corrected chi connectivity index (χ0v) is 19.2. The van der Waals surface area contributed by atoms with Gasteiger partial charge in [-0.15, -0.1) is 0 Å². The van der Waals surface area contributed by atoms with Gasteiger partial charge in [0.2, 0.25) is 0 Å². The van der Waals surface area contributed by atoms with Crippen molar-refractivity contribution in [2.75, 3.05) is 32.8 Å². The van der Waals surface area contributed by atoms with Crippen LogP contribution in [0.25, 0.3) is 5.65 Å². The van der Waals surface area contributed by atoms with E-state index in [2.05, 4.69) is 22.1 Å². The summed E-state index contributed by atoms with van der Waals surface area (Å²) in [5, 5.41) is 21.1. The average Bonchev–Trinajstić information content (AvgIpc) is 3.44. The molecule has 182 valence electrons. The molecule has 2 N–H and O–H groups in total. The van der Waals surface area contributed by atoms with Crippen LogP contribution in [0, 0.1) is 0 Å². The highest BCUT2D eigenvalue weighted by molar-refractivity contribution is 6.00. The first-order valence-corrected chi connectivity index (χ1v) is 11.5. The summed E-state index contributed by atoms with van der Waals surface area (Å²) in [5.41, 5.74) is 2.48. The Labute approximate surface area is 197 Å². The number of piperidine rings is 1. The first-order valence-electron chi connectivity index (χ1n) is 11.5. The molecule has 1 amide bonds. The first kappa shape index (κ1) is 23.9. The van der Waals surface area contributed by atoms with Crippen molar-refractivity contribution in [1.29, 1.82) is 0 Å². The van der Waals surface area contributed by atoms with Gasteiger partial charge in [-0.1, -0.05) is 30.3 Å². The van der Waals surface area contributed by atoms with Crippen LogP contribution in [0.5, 0.6) is 0 Å². The molecular formula is C24H31N5O5. The zero-order valence-electron chi connectivity index (χ0n) is 19.2. The molecule has 5 rings (SSSR count). The van der Waals surface area contributed by atoms with E-state index < -0.39 is 0 Å². The number of fused-ring (bicyclic) bond motifs is 1. The molecule has 2 aliphatic rings. The van der Waals surface area contributed by atoms with Crippen LogP contribution in [-0.4, -0.2) is 91.6 Å². The number of benzene rings is 1. The van der Waals surface area contributed by atoms with Crippen molar-refractivity contribution in [2.45, 2.75) is 31.1 Å². The lowest BCUT2D eigenvalue weighted by molar-refractivity contribution is -0.122. The molecule has 2 aromatic heterocycles.